The topological polar surface area (TPSA) is 104 Å². The van der Waals surface area contributed by atoms with Gasteiger partial charge in [0.2, 0.25) is 14.9 Å². The molecule has 0 bridgehead atoms. The van der Waals surface area contributed by atoms with E-state index in [4.69, 9.17) is 15.2 Å². The predicted molar refractivity (Wildman–Crippen MR) is 115 cm³/mol. The van der Waals surface area contributed by atoms with E-state index in [1.54, 1.807) is 38.5 Å². The molecule has 31 heavy (non-hydrogen) atoms. The molecule has 0 spiro atoms. The summed E-state index contributed by atoms with van der Waals surface area (Å²) in [5.74, 6) is 0.934. The van der Waals surface area contributed by atoms with Crippen LogP contribution in [0.2, 0.25) is 0 Å². The van der Waals surface area contributed by atoms with Crippen LogP contribution in [0.5, 0.6) is 11.5 Å². The number of benzene rings is 3. The van der Waals surface area contributed by atoms with Crippen molar-refractivity contribution in [1.29, 1.82) is 0 Å². The Kier molecular flexibility index (Phi) is 6.66. The number of nitrogens with zero attached hydrogens (tertiary/aromatic N) is 2. The van der Waals surface area contributed by atoms with E-state index in [9.17, 15) is 12.8 Å². The molecule has 0 amide bonds. The Hall–Kier alpha value is -3.72. The van der Waals surface area contributed by atoms with E-state index in [0.717, 1.165) is 23.6 Å². The van der Waals surface area contributed by atoms with Gasteiger partial charge in [-0.1, -0.05) is 18.2 Å². The molecule has 1 aromatic heterocycles. The molecule has 0 saturated heterocycles. The van der Waals surface area contributed by atoms with Crippen LogP contribution in [0.3, 0.4) is 0 Å². The Balaban J connectivity index is 0.000000229. The fourth-order valence-electron chi connectivity index (χ4n) is 2.65. The number of hydrogen-bond acceptors (Lipinski definition) is 7. The van der Waals surface area contributed by atoms with Crippen molar-refractivity contribution in [2.24, 2.45) is 0 Å². The van der Waals surface area contributed by atoms with Gasteiger partial charge in [0.25, 0.3) is 0 Å². The Morgan fingerprint density at radius 2 is 1.35 bits per heavy atom. The summed E-state index contributed by atoms with van der Waals surface area (Å²) in [6.07, 6.45) is 0. The number of aromatic nitrogens is 2. The third-order valence-corrected chi connectivity index (χ3v) is 5.92. The lowest BCUT2D eigenvalue weighted by Gasteiger charge is -2.07. The minimum absolute atomic E-state index is 0.0832. The summed E-state index contributed by atoms with van der Waals surface area (Å²) in [4.78, 5) is 8.04. The van der Waals surface area contributed by atoms with Crippen molar-refractivity contribution < 1.29 is 22.3 Å². The van der Waals surface area contributed by atoms with Gasteiger partial charge in [0, 0.05) is 6.07 Å². The van der Waals surface area contributed by atoms with Crippen molar-refractivity contribution in [3.05, 3.63) is 78.6 Å². The first-order chi connectivity index (χ1) is 14.8. The Morgan fingerprint density at radius 1 is 0.806 bits per heavy atom. The Morgan fingerprint density at radius 3 is 1.90 bits per heavy atom. The van der Waals surface area contributed by atoms with Crippen LogP contribution in [0.4, 0.5) is 10.2 Å². The summed E-state index contributed by atoms with van der Waals surface area (Å²) < 4.78 is 47.9. The number of para-hydroxylation sites is 2. The lowest BCUT2D eigenvalue weighted by molar-refractivity contribution is 0.394. The fraction of sp³-hybridized carbons (Fsp3) is 0.0909. The van der Waals surface area contributed by atoms with Crippen LogP contribution in [0.15, 0.2) is 82.7 Å². The molecule has 0 aliphatic carbocycles. The second-order valence-corrected chi connectivity index (χ2v) is 8.11. The molecule has 7 nitrogen and oxygen atoms in total. The third-order valence-electron chi connectivity index (χ3n) is 4.22. The van der Waals surface area contributed by atoms with E-state index >= 15 is 0 Å². The van der Waals surface area contributed by atoms with Crippen molar-refractivity contribution in [2.75, 3.05) is 20.0 Å². The smallest absolute Gasteiger partial charge is 0.227 e. The molecule has 0 atom stereocenters. The van der Waals surface area contributed by atoms with E-state index in [2.05, 4.69) is 9.97 Å². The quantitative estimate of drug-likeness (QED) is 0.479. The number of rotatable bonds is 4. The molecule has 4 rings (SSSR count). The third kappa shape index (κ3) is 5.07. The number of sulfone groups is 1. The van der Waals surface area contributed by atoms with Crippen LogP contribution in [0.25, 0.3) is 11.0 Å². The van der Waals surface area contributed by atoms with E-state index in [1.165, 1.54) is 12.1 Å². The standard InChI is InChI=1S/C14H10FN3O2S.C8H10O2/c15-9-5-7-10(8-6-9)21(19,20)14-13(16)17-11-3-1-2-4-12(11)18-14;1-9-7-4-3-5-8(6-7)10-2/h1-8H,(H2,16,17);3-6H,1-2H3. The summed E-state index contributed by atoms with van der Waals surface area (Å²) in [5, 5.41) is -0.326. The molecule has 0 saturated carbocycles. The van der Waals surface area contributed by atoms with Gasteiger partial charge in [-0.2, -0.15) is 0 Å². The lowest BCUT2D eigenvalue weighted by Crippen LogP contribution is -2.10. The number of hydrogen-bond donors (Lipinski definition) is 1. The first-order valence-electron chi connectivity index (χ1n) is 9.06. The zero-order chi connectivity index (χ0) is 22.4. The molecule has 0 aliphatic heterocycles. The summed E-state index contributed by atoms with van der Waals surface area (Å²) in [5.41, 5.74) is 6.64. The molecule has 0 unspecified atom stereocenters. The van der Waals surface area contributed by atoms with Gasteiger partial charge >= 0.3 is 0 Å². The highest BCUT2D eigenvalue weighted by molar-refractivity contribution is 7.91. The van der Waals surface area contributed by atoms with Crippen LogP contribution in [0, 0.1) is 5.82 Å². The van der Waals surface area contributed by atoms with E-state index in [0.29, 0.717) is 11.0 Å². The zero-order valence-electron chi connectivity index (χ0n) is 16.8. The van der Waals surface area contributed by atoms with Crippen molar-refractivity contribution in [1.82, 2.24) is 9.97 Å². The molecule has 0 fully saturated rings. The van der Waals surface area contributed by atoms with Gasteiger partial charge in [-0.3, -0.25) is 0 Å². The summed E-state index contributed by atoms with van der Waals surface area (Å²) in [7, 11) is -0.676. The van der Waals surface area contributed by atoms with Gasteiger partial charge in [-0.05, 0) is 48.5 Å². The molecule has 0 aliphatic rings. The molecule has 9 heteroatoms. The zero-order valence-corrected chi connectivity index (χ0v) is 17.6. The van der Waals surface area contributed by atoms with Gasteiger partial charge in [0.15, 0.2) is 5.82 Å². The monoisotopic (exact) mass is 441 g/mol. The van der Waals surface area contributed by atoms with Gasteiger partial charge in [0.05, 0.1) is 30.1 Å². The number of nitrogen functional groups attached to an aromatic ring is 1. The number of ether oxygens (including phenoxy) is 2. The number of methoxy groups -OCH3 is 2. The number of halogens is 1. The summed E-state index contributed by atoms with van der Waals surface area (Å²) >= 11 is 0. The second kappa shape index (κ2) is 9.40. The highest BCUT2D eigenvalue weighted by Gasteiger charge is 2.24. The molecule has 160 valence electrons. The van der Waals surface area contributed by atoms with Crippen LogP contribution >= 0.6 is 0 Å². The molecular weight excluding hydrogens is 421 g/mol. The van der Waals surface area contributed by atoms with E-state index in [1.807, 2.05) is 24.3 Å². The minimum atomic E-state index is -3.94. The van der Waals surface area contributed by atoms with Crippen molar-refractivity contribution in [3.63, 3.8) is 0 Å². The maximum absolute atomic E-state index is 12.9. The maximum Gasteiger partial charge on any atom is 0.227 e. The van der Waals surface area contributed by atoms with Gasteiger partial charge in [0.1, 0.15) is 17.3 Å². The first-order valence-corrected chi connectivity index (χ1v) is 10.5. The molecule has 0 radical (unpaired) electrons. The largest absolute Gasteiger partial charge is 0.497 e. The molecular formula is C22H20FN3O4S. The van der Waals surface area contributed by atoms with Crippen molar-refractivity contribution in [3.8, 4) is 11.5 Å². The Labute approximate surface area is 179 Å². The van der Waals surface area contributed by atoms with E-state index < -0.39 is 15.7 Å². The van der Waals surface area contributed by atoms with Crippen molar-refractivity contribution in [2.45, 2.75) is 9.92 Å². The predicted octanol–water partition coefficient (Wildman–Crippen LogP) is 3.89. The SMILES string of the molecule is COc1cccc(OC)c1.Nc1nc2ccccc2nc1S(=O)(=O)c1ccc(F)cc1. The fourth-order valence-corrected chi connectivity index (χ4v) is 3.91. The molecule has 3 aromatic carbocycles. The average molecular weight is 441 g/mol. The normalized spacial score (nSPS) is 10.8. The second-order valence-electron chi connectivity index (χ2n) is 6.24. The van der Waals surface area contributed by atoms with Gasteiger partial charge in [-0.15, -0.1) is 0 Å². The van der Waals surface area contributed by atoms with Crippen LogP contribution in [-0.4, -0.2) is 32.6 Å². The average Bonchev–Trinajstić information content (AvgIpc) is 2.79. The summed E-state index contributed by atoms with van der Waals surface area (Å²) in [6, 6.07) is 18.8. The molecule has 4 aromatic rings. The highest BCUT2D eigenvalue weighted by atomic mass is 32.2. The number of fused-ring (bicyclic) bond motifs is 1. The Bertz CT molecular complexity index is 1280. The maximum atomic E-state index is 12.9. The van der Waals surface area contributed by atoms with Crippen LogP contribution in [0.1, 0.15) is 0 Å². The first kappa shape index (κ1) is 22.0. The van der Waals surface area contributed by atoms with Crippen LogP contribution in [-0.2, 0) is 9.84 Å². The van der Waals surface area contributed by atoms with E-state index in [-0.39, 0.29) is 15.7 Å². The highest BCUT2D eigenvalue weighted by Crippen LogP contribution is 2.25. The molecule has 1 heterocycles. The molecule has 2 N–H and O–H groups in total. The number of anilines is 1. The minimum Gasteiger partial charge on any atom is -0.497 e. The van der Waals surface area contributed by atoms with Gasteiger partial charge < -0.3 is 15.2 Å². The lowest BCUT2D eigenvalue weighted by atomic mass is 10.3. The summed E-state index contributed by atoms with van der Waals surface area (Å²) in [6.45, 7) is 0. The van der Waals surface area contributed by atoms with Gasteiger partial charge in [-0.25, -0.2) is 22.8 Å². The van der Waals surface area contributed by atoms with Crippen molar-refractivity contribution >= 4 is 26.7 Å². The van der Waals surface area contributed by atoms with Crippen LogP contribution < -0.4 is 15.2 Å². The number of nitrogens with two attached hydrogens (primary N) is 1.